The summed E-state index contributed by atoms with van der Waals surface area (Å²) in [5, 5.41) is 8.64. The molecular weight excluding hydrogens is 326 g/mol. The fourth-order valence-corrected chi connectivity index (χ4v) is 2.48. The van der Waals surface area contributed by atoms with Crippen molar-refractivity contribution in [2.24, 2.45) is 0 Å². The van der Waals surface area contributed by atoms with Gasteiger partial charge in [-0.05, 0) is 36.8 Å². The predicted molar refractivity (Wildman–Crippen MR) is 105 cm³/mol. The molecule has 0 fully saturated rings. The molecule has 0 radical (unpaired) electrons. The molecule has 0 saturated carbocycles. The summed E-state index contributed by atoms with van der Waals surface area (Å²) >= 11 is 0. The van der Waals surface area contributed by atoms with Crippen LogP contribution in [0.4, 0.5) is 22.0 Å². The highest BCUT2D eigenvalue weighted by atomic mass is 16.2. The summed E-state index contributed by atoms with van der Waals surface area (Å²) in [6.45, 7) is 2.01. The van der Waals surface area contributed by atoms with Crippen LogP contribution in [-0.4, -0.2) is 23.0 Å². The lowest BCUT2D eigenvalue weighted by molar-refractivity contribution is 0.262. The SMILES string of the molecule is CNc1cc(Cc2ccc(NC(=O)Nc3ccc(C)cc3)cc2)ncn1. The lowest BCUT2D eigenvalue weighted by Gasteiger charge is -2.09. The minimum absolute atomic E-state index is 0.268. The van der Waals surface area contributed by atoms with E-state index in [-0.39, 0.29) is 6.03 Å². The lowest BCUT2D eigenvalue weighted by Crippen LogP contribution is -2.19. The maximum atomic E-state index is 12.1. The Balaban J connectivity index is 1.58. The van der Waals surface area contributed by atoms with Crippen molar-refractivity contribution in [3.63, 3.8) is 0 Å². The van der Waals surface area contributed by atoms with Gasteiger partial charge < -0.3 is 16.0 Å². The van der Waals surface area contributed by atoms with Crippen molar-refractivity contribution in [1.82, 2.24) is 9.97 Å². The first kappa shape index (κ1) is 17.4. The third kappa shape index (κ3) is 4.80. The van der Waals surface area contributed by atoms with Crippen molar-refractivity contribution in [3.05, 3.63) is 77.7 Å². The first-order chi connectivity index (χ1) is 12.6. The van der Waals surface area contributed by atoms with Gasteiger partial charge in [0.2, 0.25) is 0 Å². The maximum Gasteiger partial charge on any atom is 0.323 e. The van der Waals surface area contributed by atoms with E-state index in [0.717, 1.165) is 34.0 Å². The van der Waals surface area contributed by atoms with Crippen molar-refractivity contribution in [1.29, 1.82) is 0 Å². The van der Waals surface area contributed by atoms with E-state index in [0.29, 0.717) is 6.42 Å². The second kappa shape index (κ2) is 8.11. The van der Waals surface area contributed by atoms with Gasteiger partial charge in [0.15, 0.2) is 0 Å². The average molecular weight is 347 g/mol. The molecule has 0 atom stereocenters. The number of nitrogens with one attached hydrogen (secondary N) is 3. The van der Waals surface area contributed by atoms with Crippen LogP contribution in [0.25, 0.3) is 0 Å². The molecule has 0 unspecified atom stereocenters. The smallest absolute Gasteiger partial charge is 0.323 e. The predicted octanol–water partition coefficient (Wildman–Crippen LogP) is 4.06. The topological polar surface area (TPSA) is 78.9 Å². The van der Waals surface area contributed by atoms with E-state index >= 15 is 0 Å². The number of benzene rings is 2. The Bertz CT molecular complexity index is 875. The molecule has 0 aliphatic carbocycles. The number of hydrogen-bond acceptors (Lipinski definition) is 4. The molecule has 0 aliphatic rings. The van der Waals surface area contributed by atoms with Crippen LogP contribution >= 0.6 is 0 Å². The zero-order chi connectivity index (χ0) is 18.4. The number of anilines is 3. The van der Waals surface area contributed by atoms with Crippen LogP contribution in [0.15, 0.2) is 60.9 Å². The van der Waals surface area contributed by atoms with Crippen LogP contribution in [0, 0.1) is 6.92 Å². The molecule has 1 heterocycles. The van der Waals surface area contributed by atoms with E-state index in [1.165, 1.54) is 0 Å². The van der Waals surface area contributed by atoms with Crippen LogP contribution in [-0.2, 0) is 6.42 Å². The van der Waals surface area contributed by atoms with Crippen LogP contribution in [0.5, 0.6) is 0 Å². The second-order valence-corrected chi connectivity index (χ2v) is 5.96. The van der Waals surface area contributed by atoms with Gasteiger partial charge in [-0.3, -0.25) is 0 Å². The molecule has 3 rings (SSSR count). The summed E-state index contributed by atoms with van der Waals surface area (Å²) in [7, 11) is 1.83. The van der Waals surface area contributed by atoms with Gasteiger partial charge in [0.1, 0.15) is 12.1 Å². The molecule has 2 amide bonds. The number of carbonyl (C=O) groups is 1. The Hall–Kier alpha value is -3.41. The third-order valence-electron chi connectivity index (χ3n) is 3.89. The highest BCUT2D eigenvalue weighted by Crippen LogP contribution is 2.15. The van der Waals surface area contributed by atoms with Gasteiger partial charge in [-0.25, -0.2) is 14.8 Å². The number of hydrogen-bond donors (Lipinski definition) is 3. The van der Waals surface area contributed by atoms with Crippen molar-refractivity contribution in [2.45, 2.75) is 13.3 Å². The highest BCUT2D eigenvalue weighted by Gasteiger charge is 2.04. The van der Waals surface area contributed by atoms with Crippen molar-refractivity contribution < 1.29 is 4.79 Å². The molecule has 0 aliphatic heterocycles. The third-order valence-corrected chi connectivity index (χ3v) is 3.89. The summed E-state index contributed by atoms with van der Waals surface area (Å²) in [5.41, 5.74) is 4.68. The van der Waals surface area contributed by atoms with E-state index in [1.54, 1.807) is 6.33 Å². The molecular formula is C20H21N5O. The molecule has 26 heavy (non-hydrogen) atoms. The van der Waals surface area contributed by atoms with E-state index in [9.17, 15) is 4.79 Å². The van der Waals surface area contributed by atoms with Gasteiger partial charge in [-0.1, -0.05) is 29.8 Å². The quantitative estimate of drug-likeness (QED) is 0.650. The van der Waals surface area contributed by atoms with Crippen molar-refractivity contribution >= 4 is 23.2 Å². The first-order valence-corrected chi connectivity index (χ1v) is 8.34. The number of urea groups is 1. The molecule has 0 saturated heterocycles. The minimum Gasteiger partial charge on any atom is -0.373 e. The summed E-state index contributed by atoms with van der Waals surface area (Å²) in [6, 6.07) is 17.0. The first-order valence-electron chi connectivity index (χ1n) is 8.34. The molecule has 132 valence electrons. The summed E-state index contributed by atoms with van der Waals surface area (Å²) < 4.78 is 0. The molecule has 2 aromatic carbocycles. The summed E-state index contributed by atoms with van der Waals surface area (Å²) in [6.07, 6.45) is 2.25. The lowest BCUT2D eigenvalue weighted by atomic mass is 10.1. The van der Waals surface area contributed by atoms with E-state index in [1.807, 2.05) is 68.6 Å². The van der Waals surface area contributed by atoms with E-state index < -0.39 is 0 Å². The monoisotopic (exact) mass is 347 g/mol. The fraction of sp³-hybridized carbons (Fsp3) is 0.150. The number of aromatic nitrogens is 2. The largest absolute Gasteiger partial charge is 0.373 e. The normalized spacial score (nSPS) is 10.2. The molecule has 6 heteroatoms. The molecule has 0 spiro atoms. The molecule has 6 nitrogen and oxygen atoms in total. The Morgan fingerprint density at radius 2 is 1.54 bits per heavy atom. The summed E-state index contributed by atoms with van der Waals surface area (Å²) in [4.78, 5) is 20.5. The van der Waals surface area contributed by atoms with Gasteiger partial charge in [0, 0.05) is 30.9 Å². The van der Waals surface area contributed by atoms with Crippen LogP contribution in [0.1, 0.15) is 16.8 Å². The number of nitrogens with zero attached hydrogens (tertiary/aromatic N) is 2. The van der Waals surface area contributed by atoms with Crippen LogP contribution in [0.2, 0.25) is 0 Å². The fourth-order valence-electron chi connectivity index (χ4n) is 2.48. The highest BCUT2D eigenvalue weighted by molar-refractivity contribution is 5.99. The minimum atomic E-state index is -0.268. The molecule has 1 aromatic heterocycles. The van der Waals surface area contributed by atoms with Gasteiger partial charge in [0.25, 0.3) is 0 Å². The number of amides is 2. The van der Waals surface area contributed by atoms with E-state index in [2.05, 4.69) is 25.9 Å². The average Bonchev–Trinajstić information content (AvgIpc) is 2.65. The van der Waals surface area contributed by atoms with E-state index in [4.69, 9.17) is 0 Å². The Kier molecular flexibility index (Phi) is 5.43. The van der Waals surface area contributed by atoms with Gasteiger partial charge in [-0.15, -0.1) is 0 Å². The molecule has 3 N–H and O–H groups in total. The molecule has 3 aromatic rings. The standard InChI is InChI=1S/C20H21N5O/c1-14-3-7-16(8-4-14)24-20(26)25-17-9-5-15(6-10-17)11-18-12-19(21-2)23-13-22-18/h3-10,12-13H,11H2,1-2H3,(H,21,22,23)(H2,24,25,26). The summed E-state index contributed by atoms with van der Waals surface area (Å²) in [5.74, 6) is 0.793. The number of aryl methyl sites for hydroxylation is 1. The number of rotatable bonds is 5. The Morgan fingerprint density at radius 1 is 0.923 bits per heavy atom. The van der Waals surface area contributed by atoms with Gasteiger partial charge >= 0.3 is 6.03 Å². The zero-order valence-corrected chi connectivity index (χ0v) is 14.8. The number of carbonyl (C=O) groups excluding carboxylic acids is 1. The van der Waals surface area contributed by atoms with Crippen LogP contribution < -0.4 is 16.0 Å². The van der Waals surface area contributed by atoms with Crippen molar-refractivity contribution in [2.75, 3.05) is 23.0 Å². The Morgan fingerprint density at radius 3 is 2.15 bits per heavy atom. The zero-order valence-electron chi connectivity index (χ0n) is 14.8. The van der Waals surface area contributed by atoms with Gasteiger partial charge in [0.05, 0.1) is 5.69 Å². The van der Waals surface area contributed by atoms with Crippen LogP contribution in [0.3, 0.4) is 0 Å². The second-order valence-electron chi connectivity index (χ2n) is 5.96. The van der Waals surface area contributed by atoms with Crippen molar-refractivity contribution in [3.8, 4) is 0 Å². The van der Waals surface area contributed by atoms with Gasteiger partial charge in [-0.2, -0.15) is 0 Å². The maximum absolute atomic E-state index is 12.1. The Labute approximate surface area is 152 Å². The molecule has 0 bridgehead atoms.